The minimum absolute atomic E-state index is 0.256. The molecule has 152 valence electrons. The van der Waals surface area contributed by atoms with Gasteiger partial charge >= 0.3 is 0 Å². The number of pyridine rings is 1. The molecule has 0 spiro atoms. The van der Waals surface area contributed by atoms with Crippen LogP contribution in [0.2, 0.25) is 0 Å². The molecule has 0 radical (unpaired) electrons. The largest absolute Gasteiger partial charge is 0.492 e. The van der Waals surface area contributed by atoms with Gasteiger partial charge in [-0.15, -0.1) is 0 Å². The van der Waals surface area contributed by atoms with E-state index in [9.17, 15) is 8.42 Å². The van der Waals surface area contributed by atoms with Crippen LogP contribution in [0.15, 0.2) is 47.6 Å². The lowest BCUT2D eigenvalue weighted by molar-refractivity contribution is 0.159. The van der Waals surface area contributed by atoms with Gasteiger partial charge in [-0.3, -0.25) is 9.88 Å². The van der Waals surface area contributed by atoms with Gasteiger partial charge in [0.2, 0.25) is 10.0 Å². The van der Waals surface area contributed by atoms with Crippen LogP contribution in [0.1, 0.15) is 30.9 Å². The van der Waals surface area contributed by atoms with Crippen molar-refractivity contribution in [1.82, 2.24) is 14.2 Å². The fraction of sp³-hybridized carbons (Fsp3) is 0.476. The molecule has 1 fully saturated rings. The first-order valence-corrected chi connectivity index (χ1v) is 11.2. The molecule has 3 rings (SSSR count). The first-order valence-electron chi connectivity index (χ1n) is 9.74. The summed E-state index contributed by atoms with van der Waals surface area (Å²) in [7, 11) is -3.45. The number of nitrogens with zero attached hydrogens (tertiary/aromatic N) is 3. The summed E-state index contributed by atoms with van der Waals surface area (Å²) in [5, 5.41) is 0. The topological polar surface area (TPSA) is 62.7 Å². The van der Waals surface area contributed by atoms with E-state index in [1.165, 1.54) is 21.6 Å². The van der Waals surface area contributed by atoms with Crippen molar-refractivity contribution in [3.63, 3.8) is 0 Å². The van der Waals surface area contributed by atoms with Crippen LogP contribution < -0.4 is 4.74 Å². The van der Waals surface area contributed by atoms with Gasteiger partial charge in [0.05, 0.1) is 0 Å². The summed E-state index contributed by atoms with van der Waals surface area (Å²) < 4.78 is 32.7. The Morgan fingerprint density at radius 1 is 1.14 bits per heavy atom. The summed E-state index contributed by atoms with van der Waals surface area (Å²) in [4.78, 5) is 6.42. The lowest BCUT2D eigenvalue weighted by Crippen LogP contribution is -2.49. The maximum absolute atomic E-state index is 12.6. The zero-order valence-electron chi connectivity index (χ0n) is 16.8. The van der Waals surface area contributed by atoms with Crippen molar-refractivity contribution in [2.45, 2.75) is 31.6 Å². The second kappa shape index (κ2) is 9.03. The van der Waals surface area contributed by atoms with E-state index in [1.807, 2.05) is 6.07 Å². The van der Waals surface area contributed by atoms with Crippen LogP contribution in [-0.2, 0) is 10.0 Å². The van der Waals surface area contributed by atoms with E-state index in [4.69, 9.17) is 4.74 Å². The molecule has 7 heteroatoms. The third kappa shape index (κ3) is 4.90. The van der Waals surface area contributed by atoms with Crippen molar-refractivity contribution >= 4 is 10.0 Å². The Balaban J connectivity index is 1.47. The Bertz CT molecular complexity index is 877. The Kier molecular flexibility index (Phi) is 6.69. The van der Waals surface area contributed by atoms with Gasteiger partial charge < -0.3 is 4.74 Å². The van der Waals surface area contributed by atoms with E-state index in [-0.39, 0.29) is 4.90 Å². The number of hydrogen-bond acceptors (Lipinski definition) is 5. The highest BCUT2D eigenvalue weighted by atomic mass is 32.2. The minimum Gasteiger partial charge on any atom is -0.492 e. The number of aryl methyl sites for hydroxylation is 1. The zero-order valence-corrected chi connectivity index (χ0v) is 17.7. The maximum atomic E-state index is 12.6. The van der Waals surface area contributed by atoms with Gasteiger partial charge in [0.15, 0.2) is 0 Å². The number of piperazine rings is 1. The van der Waals surface area contributed by atoms with Gasteiger partial charge in [-0.05, 0) is 48.2 Å². The fourth-order valence-electron chi connectivity index (χ4n) is 3.52. The smallest absolute Gasteiger partial charge is 0.244 e. The van der Waals surface area contributed by atoms with Gasteiger partial charge in [0.1, 0.15) is 17.3 Å². The molecule has 2 heterocycles. The molecule has 28 heavy (non-hydrogen) atoms. The monoisotopic (exact) mass is 403 g/mol. The summed E-state index contributed by atoms with van der Waals surface area (Å²) in [6.45, 7) is 10.3. The molecular formula is C21H29N3O3S. The second-order valence-corrected chi connectivity index (χ2v) is 9.39. The number of rotatable bonds is 7. The minimum atomic E-state index is -3.45. The van der Waals surface area contributed by atoms with E-state index >= 15 is 0 Å². The van der Waals surface area contributed by atoms with Gasteiger partial charge in [-0.1, -0.05) is 19.9 Å². The normalized spacial score (nSPS) is 16.4. The molecule has 1 aromatic carbocycles. The highest BCUT2D eigenvalue weighted by molar-refractivity contribution is 7.89. The van der Waals surface area contributed by atoms with Crippen LogP contribution in [0.4, 0.5) is 0 Å². The van der Waals surface area contributed by atoms with E-state index in [0.717, 1.165) is 12.3 Å². The lowest BCUT2D eigenvalue weighted by atomic mass is 9.98. The van der Waals surface area contributed by atoms with Crippen LogP contribution in [0.5, 0.6) is 5.75 Å². The molecule has 6 nitrogen and oxygen atoms in total. The average Bonchev–Trinajstić information content (AvgIpc) is 2.69. The molecule has 0 N–H and O–H groups in total. The number of ether oxygens (including phenoxy) is 1. The van der Waals surface area contributed by atoms with E-state index in [0.29, 0.717) is 38.7 Å². The fourth-order valence-corrected chi connectivity index (χ4v) is 4.91. The van der Waals surface area contributed by atoms with Crippen molar-refractivity contribution in [2.24, 2.45) is 0 Å². The number of sulfonamides is 1. The van der Waals surface area contributed by atoms with Crippen molar-refractivity contribution in [2.75, 3.05) is 39.3 Å². The highest BCUT2D eigenvalue weighted by Gasteiger charge is 2.28. The van der Waals surface area contributed by atoms with Crippen LogP contribution in [0, 0.1) is 6.92 Å². The summed E-state index contributed by atoms with van der Waals surface area (Å²) in [5.74, 6) is 1.40. The SMILES string of the molecule is Cc1cc(OCCN2CCN(S(=O)(=O)c3cccnc3)CC2)ccc1C(C)C. The quantitative estimate of drug-likeness (QED) is 0.711. The summed E-state index contributed by atoms with van der Waals surface area (Å²) in [5.41, 5.74) is 2.60. The summed E-state index contributed by atoms with van der Waals surface area (Å²) >= 11 is 0. The molecule has 1 aliphatic rings. The third-order valence-electron chi connectivity index (χ3n) is 5.14. The standard InChI is InChI=1S/C21H29N3O3S/c1-17(2)21-7-6-19(15-18(21)3)27-14-13-23-9-11-24(12-10-23)28(25,26)20-5-4-8-22-16-20/h4-8,15-17H,9-14H2,1-3H3. The predicted octanol–water partition coefficient (Wildman–Crippen LogP) is 2.90. The molecular weight excluding hydrogens is 374 g/mol. The average molecular weight is 404 g/mol. The molecule has 0 saturated carbocycles. The lowest BCUT2D eigenvalue weighted by Gasteiger charge is -2.33. The molecule has 0 unspecified atom stereocenters. The number of aromatic nitrogens is 1. The Morgan fingerprint density at radius 2 is 1.89 bits per heavy atom. The highest BCUT2D eigenvalue weighted by Crippen LogP contribution is 2.23. The first kappa shape index (κ1) is 20.8. The Morgan fingerprint density at radius 3 is 2.50 bits per heavy atom. The molecule has 1 aromatic heterocycles. The van der Waals surface area contributed by atoms with E-state index < -0.39 is 10.0 Å². The first-order chi connectivity index (χ1) is 13.4. The third-order valence-corrected chi connectivity index (χ3v) is 7.03. The Hall–Kier alpha value is -1.96. The molecule has 2 aromatic rings. The maximum Gasteiger partial charge on any atom is 0.244 e. The Labute approximate surface area is 168 Å². The van der Waals surface area contributed by atoms with Gasteiger partial charge in [-0.2, -0.15) is 4.31 Å². The van der Waals surface area contributed by atoms with Crippen molar-refractivity contribution in [1.29, 1.82) is 0 Å². The van der Waals surface area contributed by atoms with Gasteiger partial charge in [0, 0.05) is 45.1 Å². The van der Waals surface area contributed by atoms with Gasteiger partial charge in [0.25, 0.3) is 0 Å². The molecule has 1 aliphatic heterocycles. The van der Waals surface area contributed by atoms with Crippen molar-refractivity contribution in [3.05, 3.63) is 53.9 Å². The molecule has 0 atom stereocenters. The summed E-state index contributed by atoms with van der Waals surface area (Å²) in [6, 6.07) is 9.50. The van der Waals surface area contributed by atoms with Crippen LogP contribution in [0.3, 0.4) is 0 Å². The van der Waals surface area contributed by atoms with Gasteiger partial charge in [-0.25, -0.2) is 8.42 Å². The molecule has 0 amide bonds. The molecule has 0 bridgehead atoms. The predicted molar refractivity (Wildman–Crippen MR) is 110 cm³/mol. The van der Waals surface area contributed by atoms with Crippen LogP contribution in [0.25, 0.3) is 0 Å². The second-order valence-electron chi connectivity index (χ2n) is 7.46. The van der Waals surface area contributed by atoms with Crippen molar-refractivity contribution in [3.8, 4) is 5.75 Å². The van der Waals surface area contributed by atoms with Crippen LogP contribution >= 0.6 is 0 Å². The molecule has 0 aliphatic carbocycles. The summed E-state index contributed by atoms with van der Waals surface area (Å²) in [6.07, 6.45) is 2.98. The number of hydrogen-bond donors (Lipinski definition) is 0. The molecule has 1 saturated heterocycles. The van der Waals surface area contributed by atoms with E-state index in [1.54, 1.807) is 18.3 Å². The van der Waals surface area contributed by atoms with Crippen molar-refractivity contribution < 1.29 is 13.2 Å². The number of benzene rings is 1. The van der Waals surface area contributed by atoms with Crippen LogP contribution in [-0.4, -0.2) is 61.9 Å². The zero-order chi connectivity index (χ0) is 20.1. The van der Waals surface area contributed by atoms with E-state index in [2.05, 4.69) is 42.8 Å².